The molecule has 0 saturated heterocycles. The number of fused-ring (bicyclic) bond motifs is 16. The van der Waals surface area contributed by atoms with Gasteiger partial charge in [0.1, 0.15) is 92.3 Å². The number of anilines is 12. The van der Waals surface area contributed by atoms with E-state index in [1.54, 1.807) is 54.6 Å². The fraction of sp³-hybridized carbons (Fsp3) is 0. The zero-order valence-corrected chi connectivity index (χ0v) is 47.4. The second-order valence-corrected chi connectivity index (χ2v) is 24.9. The number of hydrogen-bond acceptors (Lipinski definition) is 8. The lowest BCUT2D eigenvalue weighted by Crippen LogP contribution is -2.66. The first-order valence-corrected chi connectivity index (χ1v) is 30.2. The van der Waals surface area contributed by atoms with Gasteiger partial charge in [-0.25, -0.2) is 35.1 Å². The van der Waals surface area contributed by atoms with Gasteiger partial charge in [0.05, 0.1) is 0 Å². The summed E-state index contributed by atoms with van der Waals surface area (Å²) in [5.41, 5.74) is 4.07. The summed E-state index contributed by atoms with van der Waals surface area (Å²) in [6.45, 7) is -2.34. The molecule has 0 radical (unpaired) electrons. The maximum Gasteiger partial charge on any atom is 0.268 e. The third-order valence-electron chi connectivity index (χ3n) is 18.3. The molecule has 0 unspecified atom stereocenters. The molecule has 6 aliphatic rings. The standard InChI is InChI=1S/C70H33B3F8N4O2S2/c74-40-14-5-15-41(75)63(40)82-48-22-9-23-49-60(48)71(36-30-38-54(32-52(36)82)84(65-44(78)18-7-19-45(65)79)50-24-10-26-56-61(50)72(38)69-67(86-56)34-12-1-3-28-58(34)88-69)37-31-39-55(33-53(37)83(49)64-42(76)16-6-17-43(64)77)85(66-46(80)20-8-21-47(66)81)51-25-11-27-57-62(51)73(39)70-68(87-57)35-13-2-4-29-59(35)89-70/h1-33H. The summed E-state index contributed by atoms with van der Waals surface area (Å²) in [5.74, 6) is -5.25. The molecule has 0 aliphatic carbocycles. The van der Waals surface area contributed by atoms with E-state index in [9.17, 15) is 0 Å². The Morgan fingerprint density at radius 2 is 0.573 bits per heavy atom. The van der Waals surface area contributed by atoms with E-state index in [2.05, 4.69) is 0 Å². The van der Waals surface area contributed by atoms with Gasteiger partial charge in [-0.3, -0.25) is 0 Å². The number of halogens is 8. The lowest BCUT2D eigenvalue weighted by molar-refractivity contribution is 0.494. The molecular formula is C70H33B3F8N4O2S2. The first kappa shape index (κ1) is 50.9. The van der Waals surface area contributed by atoms with E-state index in [1.165, 1.54) is 90.8 Å². The average molecular weight is 1210 g/mol. The van der Waals surface area contributed by atoms with Crippen molar-refractivity contribution < 1.29 is 44.6 Å². The molecule has 8 heterocycles. The van der Waals surface area contributed by atoms with E-state index in [-0.39, 0.29) is 34.1 Å². The first-order valence-electron chi connectivity index (χ1n) is 28.6. The van der Waals surface area contributed by atoms with E-state index < -0.39 is 89.4 Å². The summed E-state index contributed by atoms with van der Waals surface area (Å²) in [6.07, 6.45) is 0. The van der Waals surface area contributed by atoms with Crippen LogP contribution in [0.5, 0.6) is 23.0 Å². The number of ether oxygens (including phenoxy) is 2. The highest BCUT2D eigenvalue weighted by Crippen LogP contribution is 2.53. The largest absolute Gasteiger partial charge is 0.457 e. The number of hydrogen-bond donors (Lipinski definition) is 0. The highest BCUT2D eigenvalue weighted by molar-refractivity contribution is 7.34. The van der Waals surface area contributed by atoms with Crippen molar-refractivity contribution in [3.63, 3.8) is 0 Å². The number of rotatable bonds is 4. The van der Waals surface area contributed by atoms with Crippen LogP contribution in [0, 0.1) is 46.5 Å². The molecule has 2 aromatic heterocycles. The molecule has 0 bridgehead atoms. The van der Waals surface area contributed by atoms with Crippen molar-refractivity contribution in [3.8, 4) is 23.0 Å². The Labute approximate surface area is 510 Å². The zero-order chi connectivity index (χ0) is 59.6. The van der Waals surface area contributed by atoms with Gasteiger partial charge in [0, 0.05) is 75.2 Å². The monoisotopic (exact) mass is 1210 g/mol. The molecule has 6 aliphatic heterocycles. The van der Waals surface area contributed by atoms with Crippen molar-refractivity contribution in [2.75, 3.05) is 19.6 Å². The normalized spacial score (nSPS) is 14.1. The maximum absolute atomic E-state index is 17.3. The quantitative estimate of drug-likeness (QED) is 0.129. The van der Waals surface area contributed by atoms with Crippen LogP contribution in [-0.2, 0) is 0 Å². The van der Waals surface area contributed by atoms with Gasteiger partial charge in [0.25, 0.3) is 20.1 Å². The molecule has 422 valence electrons. The van der Waals surface area contributed by atoms with Gasteiger partial charge < -0.3 is 29.1 Å². The predicted octanol–water partition coefficient (Wildman–Crippen LogP) is 14.1. The number of benzene rings is 11. The van der Waals surface area contributed by atoms with Crippen LogP contribution < -0.4 is 76.9 Å². The number of nitrogens with zero attached hydrogens (tertiary/aromatic N) is 4. The summed E-state index contributed by atoms with van der Waals surface area (Å²) in [7, 11) is 0. The Morgan fingerprint density at radius 1 is 0.281 bits per heavy atom. The van der Waals surface area contributed by atoms with Crippen LogP contribution in [-0.4, -0.2) is 20.1 Å². The summed E-state index contributed by atoms with van der Waals surface area (Å²) in [6, 6.07) is 53.0. The Bertz CT molecular complexity index is 4990. The molecule has 0 amide bonds. The van der Waals surface area contributed by atoms with Gasteiger partial charge in [0.2, 0.25) is 0 Å². The van der Waals surface area contributed by atoms with E-state index in [4.69, 9.17) is 9.47 Å². The van der Waals surface area contributed by atoms with E-state index in [1.807, 2.05) is 72.8 Å². The van der Waals surface area contributed by atoms with Crippen molar-refractivity contribution in [2.45, 2.75) is 0 Å². The second-order valence-electron chi connectivity index (χ2n) is 22.7. The highest BCUT2D eigenvalue weighted by atomic mass is 32.1. The summed E-state index contributed by atoms with van der Waals surface area (Å²) in [5, 5.41) is 1.70. The van der Waals surface area contributed by atoms with Gasteiger partial charge in [-0.1, -0.05) is 78.9 Å². The van der Waals surface area contributed by atoms with Crippen LogP contribution in [0.25, 0.3) is 20.2 Å². The molecule has 0 fully saturated rings. The fourth-order valence-electron chi connectivity index (χ4n) is 14.9. The Morgan fingerprint density at radius 3 is 0.921 bits per heavy atom. The minimum Gasteiger partial charge on any atom is -0.457 e. The molecule has 0 saturated carbocycles. The number of thiophene rings is 2. The third kappa shape index (κ3) is 6.72. The molecule has 19 heteroatoms. The SMILES string of the molecule is Fc1cccc(F)c1N1c2cc3c(cc2B2c4sc5ccccc5c4Oc4cccc1c42)B1c2cc4c(cc2N(c2c(F)cccc2F)c2cccc(c21)N3c1c(F)cccc1F)N(c1c(F)cccc1F)c1cccc2c1B4c1sc3ccccc3c1O2. The molecule has 0 spiro atoms. The van der Waals surface area contributed by atoms with E-state index in [0.29, 0.717) is 72.6 Å². The fourth-order valence-corrected chi connectivity index (χ4v) is 17.4. The summed E-state index contributed by atoms with van der Waals surface area (Å²) >= 11 is 3.02. The van der Waals surface area contributed by atoms with Crippen molar-refractivity contribution in [3.05, 3.63) is 247 Å². The molecule has 89 heavy (non-hydrogen) atoms. The van der Waals surface area contributed by atoms with Gasteiger partial charge >= 0.3 is 0 Å². The van der Waals surface area contributed by atoms with E-state index in [0.717, 1.165) is 54.0 Å². The van der Waals surface area contributed by atoms with Crippen LogP contribution in [0.1, 0.15) is 0 Å². The predicted molar refractivity (Wildman–Crippen MR) is 343 cm³/mol. The molecule has 0 N–H and O–H groups in total. The highest BCUT2D eigenvalue weighted by Gasteiger charge is 2.52. The Kier molecular flexibility index (Phi) is 10.4. The molecule has 11 aromatic carbocycles. The van der Waals surface area contributed by atoms with Gasteiger partial charge in [-0.15, -0.1) is 22.7 Å². The van der Waals surface area contributed by atoms with Crippen molar-refractivity contribution >= 4 is 179 Å². The second kappa shape index (κ2) is 18.2. The van der Waals surface area contributed by atoms with Crippen molar-refractivity contribution in [1.82, 2.24) is 0 Å². The zero-order valence-electron chi connectivity index (χ0n) is 45.7. The molecular weight excluding hydrogens is 1180 g/mol. The first-order chi connectivity index (χ1) is 43.5. The van der Waals surface area contributed by atoms with Crippen LogP contribution >= 0.6 is 22.7 Å². The molecule has 13 aromatic rings. The molecule has 0 atom stereocenters. The van der Waals surface area contributed by atoms with E-state index >= 15 is 35.1 Å². The number of para-hydroxylation sites is 4. The summed E-state index contributed by atoms with van der Waals surface area (Å²) < 4.78 is 154. The molecule has 19 rings (SSSR count). The van der Waals surface area contributed by atoms with Crippen molar-refractivity contribution in [1.29, 1.82) is 0 Å². The third-order valence-corrected chi connectivity index (χ3v) is 20.7. The molecule has 6 nitrogen and oxygen atoms in total. The Hall–Kier alpha value is -10.2. The minimum atomic E-state index is -0.993. The average Bonchev–Trinajstić information content (AvgIpc) is 1.27. The van der Waals surface area contributed by atoms with Crippen LogP contribution in [0.2, 0.25) is 0 Å². The lowest BCUT2D eigenvalue weighted by Gasteiger charge is -2.47. The maximum atomic E-state index is 17.3. The Balaban J connectivity index is 0.975. The summed E-state index contributed by atoms with van der Waals surface area (Å²) in [4.78, 5) is 5.90. The van der Waals surface area contributed by atoms with Gasteiger partial charge in [-0.05, 0) is 160 Å². The van der Waals surface area contributed by atoms with Gasteiger partial charge in [-0.2, -0.15) is 0 Å². The van der Waals surface area contributed by atoms with Crippen molar-refractivity contribution in [2.24, 2.45) is 0 Å². The lowest BCUT2D eigenvalue weighted by atomic mass is 9.30. The minimum absolute atomic E-state index is 0.210. The van der Waals surface area contributed by atoms with Crippen LogP contribution in [0.15, 0.2) is 200 Å². The smallest absolute Gasteiger partial charge is 0.268 e. The topological polar surface area (TPSA) is 31.4 Å². The van der Waals surface area contributed by atoms with Crippen LogP contribution in [0.4, 0.5) is 103 Å². The van der Waals surface area contributed by atoms with Crippen LogP contribution in [0.3, 0.4) is 0 Å². The van der Waals surface area contributed by atoms with Gasteiger partial charge in [0.15, 0.2) is 0 Å².